The fraction of sp³-hybridized carbons (Fsp3) is 0.182. The molecule has 0 aliphatic rings. The summed E-state index contributed by atoms with van der Waals surface area (Å²) < 4.78 is 10.0. The Morgan fingerprint density at radius 3 is 3.06 bits per heavy atom. The normalized spacial score (nSPS) is 10.0. The first-order valence-corrected chi connectivity index (χ1v) is 4.60. The second kappa shape index (κ2) is 4.03. The van der Waals surface area contributed by atoms with Gasteiger partial charge in [0.2, 0.25) is 5.43 Å². The number of benzene rings is 1. The minimum atomic E-state index is -0.273. The molecular weight excluding hydrogens is 208 g/mol. The first kappa shape index (κ1) is 10.2. The minimum Gasteiger partial charge on any atom is -0.497 e. The van der Waals surface area contributed by atoms with Crippen molar-refractivity contribution in [1.82, 2.24) is 5.16 Å². The molecule has 0 fully saturated rings. The molecule has 2 rings (SSSR count). The lowest BCUT2D eigenvalue weighted by Gasteiger charge is -2.00. The number of aromatic nitrogens is 1. The highest BCUT2D eigenvalue weighted by Crippen LogP contribution is 2.17. The van der Waals surface area contributed by atoms with Gasteiger partial charge in [0.05, 0.1) is 25.0 Å². The highest BCUT2D eigenvalue weighted by Gasteiger charge is 2.09. The van der Waals surface area contributed by atoms with Gasteiger partial charge in [-0.05, 0) is 12.1 Å². The van der Waals surface area contributed by atoms with Crippen LogP contribution in [-0.4, -0.2) is 12.3 Å². The number of ether oxygens (including phenoxy) is 1. The van der Waals surface area contributed by atoms with E-state index in [4.69, 9.17) is 14.5 Å². The first-order chi connectivity index (χ1) is 7.76. The Morgan fingerprint density at radius 1 is 1.56 bits per heavy atom. The van der Waals surface area contributed by atoms with Gasteiger partial charge in [0.25, 0.3) is 0 Å². The van der Waals surface area contributed by atoms with Crippen LogP contribution in [0.15, 0.2) is 27.5 Å². The van der Waals surface area contributed by atoms with E-state index in [-0.39, 0.29) is 17.5 Å². The van der Waals surface area contributed by atoms with Crippen molar-refractivity contribution in [2.45, 2.75) is 6.42 Å². The van der Waals surface area contributed by atoms with Crippen molar-refractivity contribution >= 4 is 11.0 Å². The molecule has 0 bridgehead atoms. The molecule has 0 saturated heterocycles. The van der Waals surface area contributed by atoms with Gasteiger partial charge in [0.1, 0.15) is 11.4 Å². The zero-order chi connectivity index (χ0) is 11.5. The van der Waals surface area contributed by atoms with Gasteiger partial charge < -0.3 is 9.26 Å². The lowest BCUT2D eigenvalue weighted by Crippen LogP contribution is -2.10. The summed E-state index contributed by atoms with van der Waals surface area (Å²) >= 11 is 0. The van der Waals surface area contributed by atoms with Gasteiger partial charge in [-0.15, -0.1) is 0 Å². The maximum Gasteiger partial charge on any atom is 0.215 e. The largest absolute Gasteiger partial charge is 0.497 e. The Morgan fingerprint density at radius 2 is 2.38 bits per heavy atom. The highest BCUT2D eigenvalue weighted by atomic mass is 16.5. The number of fused-ring (bicyclic) bond motifs is 1. The van der Waals surface area contributed by atoms with Crippen molar-refractivity contribution in [3.05, 3.63) is 34.1 Å². The van der Waals surface area contributed by atoms with Crippen LogP contribution in [0.25, 0.3) is 11.0 Å². The summed E-state index contributed by atoms with van der Waals surface area (Å²) in [6, 6.07) is 6.71. The van der Waals surface area contributed by atoms with E-state index in [1.165, 1.54) is 7.11 Å². The van der Waals surface area contributed by atoms with Crippen LogP contribution < -0.4 is 10.2 Å². The van der Waals surface area contributed by atoms with Crippen LogP contribution in [0.3, 0.4) is 0 Å². The molecule has 5 heteroatoms. The molecule has 80 valence electrons. The van der Waals surface area contributed by atoms with Crippen LogP contribution in [0.1, 0.15) is 5.69 Å². The van der Waals surface area contributed by atoms with Crippen LogP contribution in [0.2, 0.25) is 0 Å². The van der Waals surface area contributed by atoms with E-state index in [0.29, 0.717) is 16.7 Å². The summed E-state index contributed by atoms with van der Waals surface area (Å²) in [7, 11) is 1.52. The zero-order valence-corrected chi connectivity index (χ0v) is 8.56. The monoisotopic (exact) mass is 216 g/mol. The smallest absolute Gasteiger partial charge is 0.215 e. The fourth-order valence-electron chi connectivity index (χ4n) is 1.38. The Balaban J connectivity index is 2.68. The third-order valence-corrected chi connectivity index (χ3v) is 2.20. The number of nitrogens with zero attached hydrogens (tertiary/aromatic N) is 2. The molecule has 5 nitrogen and oxygen atoms in total. The number of rotatable bonds is 2. The van der Waals surface area contributed by atoms with Crippen LogP contribution in [0, 0.1) is 11.3 Å². The topological polar surface area (TPSA) is 76.1 Å². The average Bonchev–Trinajstić information content (AvgIpc) is 2.32. The van der Waals surface area contributed by atoms with Crippen LogP contribution in [-0.2, 0) is 6.42 Å². The highest BCUT2D eigenvalue weighted by molar-refractivity contribution is 5.77. The summed E-state index contributed by atoms with van der Waals surface area (Å²) in [6.07, 6.45) is -0.0513. The molecule has 0 aliphatic heterocycles. The predicted molar refractivity (Wildman–Crippen MR) is 56.1 cm³/mol. The van der Waals surface area contributed by atoms with E-state index >= 15 is 0 Å². The maximum atomic E-state index is 11.8. The van der Waals surface area contributed by atoms with Gasteiger partial charge >= 0.3 is 0 Å². The van der Waals surface area contributed by atoms with Crippen molar-refractivity contribution in [1.29, 1.82) is 5.26 Å². The van der Waals surface area contributed by atoms with E-state index in [9.17, 15) is 4.79 Å². The molecule has 0 N–H and O–H groups in total. The van der Waals surface area contributed by atoms with Gasteiger partial charge in [0, 0.05) is 6.07 Å². The summed E-state index contributed by atoms with van der Waals surface area (Å²) in [5.41, 5.74) is 0.205. The standard InChI is InChI=1S/C11H8N2O3/c1-15-7-2-3-8-10(6-7)16-13-9(4-5-12)11(8)14/h2-3,6H,4H2,1H3. The first-order valence-electron chi connectivity index (χ1n) is 4.60. The number of nitriles is 1. The van der Waals surface area contributed by atoms with Crippen LogP contribution >= 0.6 is 0 Å². The second-order valence-electron chi connectivity index (χ2n) is 3.16. The van der Waals surface area contributed by atoms with Gasteiger partial charge in [-0.1, -0.05) is 5.16 Å². The Labute approximate surface area is 90.9 Å². The van der Waals surface area contributed by atoms with Crippen molar-refractivity contribution in [3.8, 4) is 11.8 Å². The Hall–Kier alpha value is -2.35. The van der Waals surface area contributed by atoms with Gasteiger partial charge in [-0.2, -0.15) is 5.26 Å². The van der Waals surface area contributed by atoms with Gasteiger partial charge in [0.15, 0.2) is 5.58 Å². The molecule has 0 atom stereocenters. The molecule has 1 aromatic carbocycles. The molecule has 1 aromatic heterocycles. The third kappa shape index (κ3) is 1.61. The van der Waals surface area contributed by atoms with Crippen LogP contribution in [0.4, 0.5) is 0 Å². The molecule has 1 heterocycles. The van der Waals surface area contributed by atoms with E-state index in [0.717, 1.165) is 0 Å². The quantitative estimate of drug-likeness (QED) is 0.755. The van der Waals surface area contributed by atoms with Crippen LogP contribution in [0.5, 0.6) is 5.75 Å². The lowest BCUT2D eigenvalue weighted by molar-refractivity contribution is 0.407. The summed E-state index contributed by atoms with van der Waals surface area (Å²) in [6.45, 7) is 0. The molecule has 0 amide bonds. The SMILES string of the molecule is COc1ccc2c(=O)c(CC#N)noc2c1. The second-order valence-corrected chi connectivity index (χ2v) is 3.16. The lowest BCUT2D eigenvalue weighted by atomic mass is 10.2. The van der Waals surface area contributed by atoms with E-state index in [2.05, 4.69) is 5.16 Å². The van der Waals surface area contributed by atoms with E-state index in [1.54, 1.807) is 18.2 Å². The van der Waals surface area contributed by atoms with Crippen molar-refractivity contribution < 1.29 is 9.26 Å². The number of hydrogen-bond donors (Lipinski definition) is 0. The number of hydrogen-bond acceptors (Lipinski definition) is 5. The summed E-state index contributed by atoms with van der Waals surface area (Å²) in [5, 5.41) is 12.5. The molecule has 0 unspecified atom stereocenters. The fourth-order valence-corrected chi connectivity index (χ4v) is 1.38. The van der Waals surface area contributed by atoms with E-state index < -0.39 is 0 Å². The molecule has 16 heavy (non-hydrogen) atoms. The van der Waals surface area contributed by atoms with Gasteiger partial charge in [-0.3, -0.25) is 4.79 Å². The maximum absolute atomic E-state index is 11.8. The molecule has 0 saturated carbocycles. The minimum absolute atomic E-state index is 0.0513. The predicted octanol–water partition coefficient (Wildman–Crippen LogP) is 1.26. The van der Waals surface area contributed by atoms with Crippen molar-refractivity contribution in [2.24, 2.45) is 0 Å². The molecule has 2 aromatic rings. The van der Waals surface area contributed by atoms with Crippen molar-refractivity contribution in [2.75, 3.05) is 7.11 Å². The third-order valence-electron chi connectivity index (χ3n) is 2.20. The number of methoxy groups -OCH3 is 1. The molecule has 0 radical (unpaired) electrons. The summed E-state index contributed by atoms with van der Waals surface area (Å²) in [4.78, 5) is 11.8. The molecule has 0 aliphatic carbocycles. The van der Waals surface area contributed by atoms with Gasteiger partial charge in [-0.25, -0.2) is 0 Å². The Kier molecular flexibility index (Phi) is 2.56. The molecular formula is C11H8N2O3. The average molecular weight is 216 g/mol. The summed E-state index contributed by atoms with van der Waals surface area (Å²) in [5.74, 6) is 0.588. The Bertz CT molecular complexity index is 625. The van der Waals surface area contributed by atoms with Crippen molar-refractivity contribution in [3.63, 3.8) is 0 Å². The van der Waals surface area contributed by atoms with E-state index in [1.807, 2.05) is 6.07 Å². The zero-order valence-electron chi connectivity index (χ0n) is 8.56. The molecule has 0 spiro atoms.